The van der Waals surface area contributed by atoms with Gasteiger partial charge in [-0.1, -0.05) is 23.4 Å². The van der Waals surface area contributed by atoms with Crippen LogP contribution in [-0.4, -0.2) is 16.2 Å². The molecule has 0 amide bonds. The van der Waals surface area contributed by atoms with E-state index in [1.807, 2.05) is 13.2 Å². The molecule has 0 unspecified atom stereocenters. The molecule has 10 heavy (non-hydrogen) atoms. The van der Waals surface area contributed by atoms with E-state index in [1.54, 1.807) is 6.20 Å². The Morgan fingerprint density at radius 2 is 2.30 bits per heavy atom. The summed E-state index contributed by atoms with van der Waals surface area (Å²) in [5.41, 5.74) is 0.916. The van der Waals surface area contributed by atoms with Crippen LogP contribution in [0.5, 0.6) is 0 Å². The summed E-state index contributed by atoms with van der Waals surface area (Å²) in [6.45, 7) is 1.88. The molecule has 0 aliphatic rings. The van der Waals surface area contributed by atoms with Gasteiger partial charge in [-0.15, -0.1) is 0 Å². The second-order valence-electron chi connectivity index (χ2n) is 1.83. The zero-order valence-electron chi connectivity index (χ0n) is 5.76. The number of aromatic nitrogens is 2. The van der Waals surface area contributed by atoms with Crippen LogP contribution in [0.1, 0.15) is 5.56 Å². The Bertz CT molecular complexity index is 239. The Labute approximate surface area is 69.0 Å². The third kappa shape index (κ3) is 1.61. The molecule has 0 N–H and O–H groups in total. The second-order valence-corrected chi connectivity index (χ2v) is 2.96. The molecular formula is C6H7ClN2S. The number of rotatable bonds is 1. The highest BCUT2D eigenvalue weighted by Gasteiger charge is 1.97. The lowest BCUT2D eigenvalue weighted by atomic mass is 10.4. The van der Waals surface area contributed by atoms with Gasteiger partial charge in [-0.2, -0.15) is 0 Å². The third-order valence-corrected chi connectivity index (χ3v) is 2.01. The van der Waals surface area contributed by atoms with E-state index >= 15 is 0 Å². The fourth-order valence-electron chi connectivity index (χ4n) is 0.505. The van der Waals surface area contributed by atoms with Crippen molar-refractivity contribution in [3.63, 3.8) is 0 Å². The van der Waals surface area contributed by atoms with Crippen molar-refractivity contribution in [2.45, 2.75) is 12.1 Å². The van der Waals surface area contributed by atoms with E-state index < -0.39 is 0 Å². The van der Waals surface area contributed by atoms with Crippen LogP contribution < -0.4 is 0 Å². The number of nitrogens with zero attached hydrogens (tertiary/aromatic N) is 2. The summed E-state index contributed by atoms with van der Waals surface area (Å²) in [5.74, 6) is 0. The summed E-state index contributed by atoms with van der Waals surface area (Å²) >= 11 is 7.21. The monoisotopic (exact) mass is 174 g/mol. The van der Waals surface area contributed by atoms with Crippen LogP contribution >= 0.6 is 23.4 Å². The molecule has 0 saturated carbocycles. The van der Waals surface area contributed by atoms with E-state index in [4.69, 9.17) is 11.6 Å². The maximum atomic E-state index is 5.73. The van der Waals surface area contributed by atoms with Gasteiger partial charge in [0, 0.05) is 11.8 Å². The van der Waals surface area contributed by atoms with Crippen LogP contribution in [0.15, 0.2) is 11.4 Å². The van der Waals surface area contributed by atoms with Crippen molar-refractivity contribution in [2.75, 3.05) is 6.26 Å². The average molecular weight is 175 g/mol. The Hall–Kier alpha value is -0.280. The number of hydrogen-bond donors (Lipinski definition) is 0. The van der Waals surface area contributed by atoms with E-state index in [9.17, 15) is 0 Å². The normalized spacial score (nSPS) is 9.90. The molecule has 1 aromatic rings. The van der Waals surface area contributed by atoms with E-state index in [-0.39, 0.29) is 0 Å². The summed E-state index contributed by atoms with van der Waals surface area (Å²) in [5, 5.41) is 1.26. The molecule has 0 spiro atoms. The molecule has 0 aliphatic heterocycles. The van der Waals surface area contributed by atoms with Gasteiger partial charge in [0.25, 0.3) is 0 Å². The van der Waals surface area contributed by atoms with Crippen LogP contribution in [0, 0.1) is 6.92 Å². The molecule has 0 aromatic carbocycles. The van der Waals surface area contributed by atoms with Crippen LogP contribution in [0.4, 0.5) is 0 Å². The number of thioether (sulfide) groups is 1. The number of aryl methyl sites for hydroxylation is 1. The molecule has 0 atom stereocenters. The van der Waals surface area contributed by atoms with Crippen LogP contribution in [0.3, 0.4) is 0 Å². The smallest absolute Gasteiger partial charge is 0.188 e. The summed E-state index contributed by atoms with van der Waals surface area (Å²) < 4.78 is 0. The molecule has 0 radical (unpaired) electrons. The molecule has 0 aliphatic carbocycles. The molecular weight excluding hydrogens is 168 g/mol. The summed E-state index contributed by atoms with van der Waals surface area (Å²) in [6.07, 6.45) is 3.64. The molecule has 4 heteroatoms. The molecule has 2 nitrogen and oxygen atoms in total. The maximum Gasteiger partial charge on any atom is 0.188 e. The van der Waals surface area contributed by atoms with Crippen molar-refractivity contribution in [2.24, 2.45) is 0 Å². The Morgan fingerprint density at radius 1 is 1.60 bits per heavy atom. The minimum absolute atomic E-state index is 0.541. The first-order valence-corrected chi connectivity index (χ1v) is 4.37. The Balaban J connectivity index is 3.04. The van der Waals surface area contributed by atoms with Gasteiger partial charge in [0.05, 0.1) is 0 Å². The van der Waals surface area contributed by atoms with Gasteiger partial charge < -0.3 is 0 Å². The van der Waals surface area contributed by atoms with E-state index in [1.165, 1.54) is 11.8 Å². The SMILES string of the molecule is CSc1ncc(C)c(Cl)n1. The Kier molecular flexibility index (Phi) is 2.51. The zero-order valence-corrected chi connectivity index (χ0v) is 7.33. The molecule has 0 fully saturated rings. The van der Waals surface area contributed by atoms with Gasteiger partial charge in [0.15, 0.2) is 5.16 Å². The standard InChI is InChI=1S/C6H7ClN2S/c1-4-3-8-6(10-2)9-5(4)7/h3H,1-2H3. The molecule has 54 valence electrons. The highest BCUT2D eigenvalue weighted by Crippen LogP contribution is 2.14. The van der Waals surface area contributed by atoms with Crippen molar-refractivity contribution in [3.8, 4) is 0 Å². The number of hydrogen-bond acceptors (Lipinski definition) is 3. The number of halogens is 1. The highest BCUT2D eigenvalue weighted by atomic mass is 35.5. The highest BCUT2D eigenvalue weighted by molar-refractivity contribution is 7.98. The van der Waals surface area contributed by atoms with Crippen LogP contribution in [-0.2, 0) is 0 Å². The molecule has 0 bridgehead atoms. The lowest BCUT2D eigenvalue weighted by molar-refractivity contribution is 0.954. The van der Waals surface area contributed by atoms with Gasteiger partial charge >= 0.3 is 0 Å². The topological polar surface area (TPSA) is 25.8 Å². The minimum atomic E-state index is 0.541. The maximum absolute atomic E-state index is 5.73. The van der Waals surface area contributed by atoms with E-state index in [2.05, 4.69) is 9.97 Å². The lowest BCUT2D eigenvalue weighted by Crippen LogP contribution is -1.87. The van der Waals surface area contributed by atoms with Crippen molar-refractivity contribution in [1.29, 1.82) is 0 Å². The predicted octanol–water partition coefficient (Wildman–Crippen LogP) is 2.16. The van der Waals surface area contributed by atoms with Gasteiger partial charge in [-0.05, 0) is 13.2 Å². The molecule has 0 saturated heterocycles. The summed E-state index contributed by atoms with van der Waals surface area (Å²) in [4.78, 5) is 8.03. The quantitative estimate of drug-likeness (QED) is 0.371. The van der Waals surface area contributed by atoms with Crippen LogP contribution in [0.25, 0.3) is 0 Å². The van der Waals surface area contributed by atoms with E-state index in [0.29, 0.717) is 5.15 Å². The van der Waals surface area contributed by atoms with Gasteiger partial charge in [-0.3, -0.25) is 0 Å². The van der Waals surface area contributed by atoms with Crippen molar-refractivity contribution >= 4 is 23.4 Å². The van der Waals surface area contributed by atoms with Crippen molar-refractivity contribution in [1.82, 2.24) is 9.97 Å². The van der Waals surface area contributed by atoms with Crippen molar-refractivity contribution < 1.29 is 0 Å². The van der Waals surface area contributed by atoms with Gasteiger partial charge in [-0.25, -0.2) is 9.97 Å². The zero-order chi connectivity index (χ0) is 7.56. The fraction of sp³-hybridized carbons (Fsp3) is 0.333. The fourth-order valence-corrected chi connectivity index (χ4v) is 1.02. The third-order valence-electron chi connectivity index (χ3n) is 1.07. The second kappa shape index (κ2) is 3.21. The minimum Gasteiger partial charge on any atom is -0.231 e. The van der Waals surface area contributed by atoms with Crippen molar-refractivity contribution in [3.05, 3.63) is 16.9 Å². The van der Waals surface area contributed by atoms with Gasteiger partial charge in [0.2, 0.25) is 0 Å². The summed E-state index contributed by atoms with van der Waals surface area (Å²) in [6, 6.07) is 0. The largest absolute Gasteiger partial charge is 0.231 e. The molecule has 1 rings (SSSR count). The van der Waals surface area contributed by atoms with E-state index in [0.717, 1.165) is 10.7 Å². The summed E-state index contributed by atoms with van der Waals surface area (Å²) in [7, 11) is 0. The van der Waals surface area contributed by atoms with Gasteiger partial charge in [0.1, 0.15) is 5.15 Å². The average Bonchev–Trinajstić information content (AvgIpc) is 1.95. The molecule has 1 heterocycles. The molecule has 1 aromatic heterocycles. The first-order chi connectivity index (χ1) is 4.74. The first kappa shape index (κ1) is 7.82. The first-order valence-electron chi connectivity index (χ1n) is 2.77. The Morgan fingerprint density at radius 3 is 2.80 bits per heavy atom. The van der Waals surface area contributed by atoms with Crippen LogP contribution in [0.2, 0.25) is 5.15 Å². The predicted molar refractivity (Wildman–Crippen MR) is 43.6 cm³/mol. The lowest BCUT2D eigenvalue weighted by Gasteiger charge is -1.96.